The molecule has 29 heavy (non-hydrogen) atoms. The molecule has 7 heteroatoms. The molecule has 1 fully saturated rings. The lowest BCUT2D eigenvalue weighted by Gasteiger charge is -2.19. The smallest absolute Gasteiger partial charge is 0.263 e. The number of thiophene rings is 2. The van der Waals surface area contributed by atoms with Gasteiger partial charge in [-0.2, -0.15) is 0 Å². The number of hydrogen-bond acceptors (Lipinski definition) is 5. The predicted octanol–water partition coefficient (Wildman–Crippen LogP) is 4.45. The lowest BCUT2D eigenvalue weighted by Crippen LogP contribution is -2.35. The van der Waals surface area contributed by atoms with Crippen molar-refractivity contribution >= 4 is 38.8 Å². The summed E-state index contributed by atoms with van der Waals surface area (Å²) in [4.78, 5) is 32.0. The Kier molecular flexibility index (Phi) is 4.77. The highest BCUT2D eigenvalue weighted by Crippen LogP contribution is 2.41. The second-order valence-corrected chi connectivity index (χ2v) is 9.08. The Bertz CT molecular complexity index is 1210. The number of rotatable bonds is 6. The minimum absolute atomic E-state index is 0.00100. The molecule has 1 aromatic carbocycles. The van der Waals surface area contributed by atoms with Crippen LogP contribution in [-0.2, 0) is 11.3 Å². The average Bonchev–Trinajstić information content (AvgIpc) is 3.25. The van der Waals surface area contributed by atoms with Gasteiger partial charge in [-0.3, -0.25) is 14.2 Å². The van der Waals surface area contributed by atoms with E-state index in [1.807, 2.05) is 53.2 Å². The third-order valence-electron chi connectivity index (χ3n) is 5.23. The summed E-state index contributed by atoms with van der Waals surface area (Å²) in [7, 11) is 0. The van der Waals surface area contributed by atoms with Crippen molar-refractivity contribution in [2.45, 2.75) is 25.4 Å². The number of nitrogens with zero attached hydrogens (tertiary/aromatic N) is 2. The van der Waals surface area contributed by atoms with E-state index < -0.39 is 0 Å². The molecule has 1 atom stereocenters. The molecule has 0 radical (unpaired) electrons. The van der Waals surface area contributed by atoms with Gasteiger partial charge in [0, 0.05) is 15.8 Å². The Morgan fingerprint density at radius 2 is 2.00 bits per heavy atom. The van der Waals surface area contributed by atoms with Crippen LogP contribution in [0.25, 0.3) is 20.7 Å². The summed E-state index contributed by atoms with van der Waals surface area (Å²) in [5, 5.41) is 7.68. The van der Waals surface area contributed by atoms with Gasteiger partial charge in [0.2, 0.25) is 5.91 Å². The van der Waals surface area contributed by atoms with Gasteiger partial charge < -0.3 is 5.32 Å². The molecule has 1 saturated carbocycles. The van der Waals surface area contributed by atoms with Crippen molar-refractivity contribution in [2.24, 2.45) is 5.92 Å². The van der Waals surface area contributed by atoms with Crippen molar-refractivity contribution in [1.82, 2.24) is 14.9 Å². The van der Waals surface area contributed by atoms with Crippen LogP contribution in [0.2, 0.25) is 0 Å². The topological polar surface area (TPSA) is 64.0 Å². The van der Waals surface area contributed by atoms with Gasteiger partial charge >= 0.3 is 0 Å². The van der Waals surface area contributed by atoms with E-state index in [4.69, 9.17) is 0 Å². The summed E-state index contributed by atoms with van der Waals surface area (Å²) in [6.07, 6.45) is 3.71. The zero-order chi connectivity index (χ0) is 19.8. The summed E-state index contributed by atoms with van der Waals surface area (Å²) in [6.45, 7) is -0.0302. The number of hydrogen-bond donors (Lipinski definition) is 1. The third-order valence-corrected chi connectivity index (χ3v) is 7.02. The lowest BCUT2D eigenvalue weighted by atomic mass is 10.0. The fourth-order valence-corrected chi connectivity index (χ4v) is 5.35. The van der Waals surface area contributed by atoms with E-state index in [2.05, 4.69) is 10.3 Å². The summed E-state index contributed by atoms with van der Waals surface area (Å²) in [6, 6.07) is 14.0. The zero-order valence-electron chi connectivity index (χ0n) is 15.6. The summed E-state index contributed by atoms with van der Waals surface area (Å²) >= 11 is 3.05. The van der Waals surface area contributed by atoms with Gasteiger partial charge in [-0.15, -0.1) is 22.7 Å². The molecule has 146 valence electrons. The normalized spacial score (nSPS) is 14.8. The number of benzene rings is 1. The first-order chi connectivity index (χ1) is 14.2. The molecule has 5 rings (SSSR count). The standard InChI is InChI=1S/C22H19N3O2S2/c26-18(24-20(15-8-9-15)14-5-2-1-3-6-14)11-25-13-23-21-19(22(25)27)16(12-29-21)17-7-4-10-28-17/h1-7,10,12-13,15,20H,8-9,11H2,(H,24,26). The fraction of sp³-hybridized carbons (Fsp3) is 0.227. The molecule has 5 nitrogen and oxygen atoms in total. The molecule has 1 amide bonds. The number of carbonyl (C=O) groups excluding carboxylic acids is 1. The molecule has 0 aliphatic heterocycles. The first-order valence-electron chi connectivity index (χ1n) is 9.55. The molecule has 0 bridgehead atoms. The SMILES string of the molecule is O=C(Cn1cnc2scc(-c3cccs3)c2c1=O)NC(c1ccccc1)C1CC1. The average molecular weight is 422 g/mol. The number of aromatic nitrogens is 2. The molecule has 0 saturated heterocycles. The Balaban J connectivity index is 1.41. The van der Waals surface area contributed by atoms with Gasteiger partial charge in [0.25, 0.3) is 5.56 Å². The minimum atomic E-state index is -0.169. The molecule has 1 N–H and O–H groups in total. The van der Waals surface area contributed by atoms with Crippen LogP contribution < -0.4 is 10.9 Å². The molecule has 0 spiro atoms. The number of amides is 1. The van der Waals surface area contributed by atoms with E-state index in [1.165, 1.54) is 22.2 Å². The van der Waals surface area contributed by atoms with E-state index in [0.29, 0.717) is 16.1 Å². The van der Waals surface area contributed by atoms with Crippen LogP contribution in [0.4, 0.5) is 0 Å². The van der Waals surface area contributed by atoms with E-state index in [1.54, 1.807) is 11.3 Å². The third kappa shape index (κ3) is 3.63. The van der Waals surface area contributed by atoms with Crippen molar-refractivity contribution in [2.75, 3.05) is 0 Å². The van der Waals surface area contributed by atoms with E-state index >= 15 is 0 Å². The van der Waals surface area contributed by atoms with Crippen LogP contribution in [0.1, 0.15) is 24.4 Å². The lowest BCUT2D eigenvalue weighted by molar-refractivity contribution is -0.122. The highest BCUT2D eigenvalue weighted by atomic mass is 32.1. The van der Waals surface area contributed by atoms with Gasteiger partial charge in [0.15, 0.2) is 0 Å². The molecule has 1 aliphatic carbocycles. The van der Waals surface area contributed by atoms with Crippen molar-refractivity contribution < 1.29 is 4.79 Å². The van der Waals surface area contributed by atoms with E-state index in [-0.39, 0.29) is 24.1 Å². The second kappa shape index (κ2) is 7.57. The van der Waals surface area contributed by atoms with Gasteiger partial charge in [-0.25, -0.2) is 4.98 Å². The van der Waals surface area contributed by atoms with Crippen LogP contribution in [0.3, 0.4) is 0 Å². The second-order valence-electron chi connectivity index (χ2n) is 7.28. The van der Waals surface area contributed by atoms with Crippen LogP contribution in [0, 0.1) is 5.92 Å². The van der Waals surface area contributed by atoms with Crippen LogP contribution in [-0.4, -0.2) is 15.5 Å². The van der Waals surface area contributed by atoms with Crippen molar-refractivity contribution in [3.63, 3.8) is 0 Å². The summed E-state index contributed by atoms with van der Waals surface area (Å²) in [5.74, 6) is 0.308. The number of nitrogens with one attached hydrogen (secondary N) is 1. The van der Waals surface area contributed by atoms with Gasteiger partial charge in [-0.1, -0.05) is 36.4 Å². The van der Waals surface area contributed by atoms with Crippen LogP contribution >= 0.6 is 22.7 Å². The summed E-state index contributed by atoms with van der Waals surface area (Å²) in [5.41, 5.74) is 1.84. The predicted molar refractivity (Wildman–Crippen MR) is 117 cm³/mol. The molecule has 3 heterocycles. The van der Waals surface area contributed by atoms with Crippen LogP contribution in [0.5, 0.6) is 0 Å². The molecule has 4 aromatic rings. The number of fused-ring (bicyclic) bond motifs is 1. The highest BCUT2D eigenvalue weighted by molar-refractivity contribution is 7.18. The van der Waals surface area contributed by atoms with Gasteiger partial charge in [-0.05, 0) is 35.8 Å². The zero-order valence-corrected chi connectivity index (χ0v) is 17.2. The molecular weight excluding hydrogens is 402 g/mol. The Hall–Kier alpha value is -2.77. The van der Waals surface area contributed by atoms with Crippen molar-refractivity contribution in [3.8, 4) is 10.4 Å². The van der Waals surface area contributed by atoms with Crippen molar-refractivity contribution in [1.29, 1.82) is 0 Å². The Morgan fingerprint density at radius 3 is 2.72 bits per heavy atom. The maximum absolute atomic E-state index is 13.1. The maximum Gasteiger partial charge on any atom is 0.263 e. The molecule has 1 aliphatic rings. The highest BCUT2D eigenvalue weighted by Gasteiger charge is 2.33. The number of carbonyl (C=O) groups is 1. The van der Waals surface area contributed by atoms with E-state index in [9.17, 15) is 9.59 Å². The monoisotopic (exact) mass is 421 g/mol. The maximum atomic E-state index is 13.1. The molecule has 1 unspecified atom stereocenters. The quantitative estimate of drug-likeness (QED) is 0.500. The first kappa shape index (κ1) is 18.3. The largest absolute Gasteiger partial charge is 0.347 e. The summed E-state index contributed by atoms with van der Waals surface area (Å²) < 4.78 is 1.41. The minimum Gasteiger partial charge on any atom is -0.347 e. The van der Waals surface area contributed by atoms with Gasteiger partial charge in [0.1, 0.15) is 11.4 Å². The van der Waals surface area contributed by atoms with Gasteiger partial charge in [0.05, 0.1) is 17.8 Å². The van der Waals surface area contributed by atoms with E-state index in [0.717, 1.165) is 28.8 Å². The first-order valence-corrected chi connectivity index (χ1v) is 11.3. The Morgan fingerprint density at radius 1 is 1.17 bits per heavy atom. The van der Waals surface area contributed by atoms with Crippen molar-refractivity contribution in [3.05, 3.63) is 75.5 Å². The Labute approximate surface area is 175 Å². The fourth-order valence-electron chi connectivity index (χ4n) is 3.63. The molecular formula is C22H19N3O2S2. The molecule has 3 aromatic heterocycles. The van der Waals surface area contributed by atoms with Crippen LogP contribution in [0.15, 0.2) is 64.3 Å².